The SMILES string of the molecule is CCc1nnc(NC(=O)C2CC(=O)N(c3cccc(SC)c3)C2)s1. The summed E-state index contributed by atoms with van der Waals surface area (Å²) in [6, 6.07) is 7.80. The number of nitrogens with zero attached hydrogens (tertiary/aromatic N) is 3. The van der Waals surface area contributed by atoms with Gasteiger partial charge < -0.3 is 10.2 Å². The number of benzene rings is 1. The molecule has 24 heavy (non-hydrogen) atoms. The molecule has 0 saturated carbocycles. The molecule has 1 aromatic heterocycles. The fourth-order valence-corrected chi connectivity index (χ4v) is 3.70. The fraction of sp³-hybridized carbons (Fsp3) is 0.375. The molecule has 2 aromatic rings. The predicted octanol–water partition coefficient (Wildman–Crippen LogP) is 2.81. The van der Waals surface area contributed by atoms with Crippen LogP contribution < -0.4 is 10.2 Å². The number of hydrogen-bond acceptors (Lipinski definition) is 6. The Kier molecular flexibility index (Phi) is 5.15. The van der Waals surface area contributed by atoms with E-state index in [-0.39, 0.29) is 24.2 Å². The highest BCUT2D eigenvalue weighted by atomic mass is 32.2. The van der Waals surface area contributed by atoms with Gasteiger partial charge in [-0.3, -0.25) is 9.59 Å². The number of carbonyl (C=O) groups is 2. The average molecular weight is 362 g/mol. The summed E-state index contributed by atoms with van der Waals surface area (Å²) in [4.78, 5) is 27.5. The summed E-state index contributed by atoms with van der Waals surface area (Å²) in [5.41, 5.74) is 0.839. The van der Waals surface area contributed by atoms with E-state index in [0.717, 1.165) is 22.0 Å². The Labute approximate surface area is 148 Å². The van der Waals surface area contributed by atoms with Gasteiger partial charge in [-0.25, -0.2) is 0 Å². The average Bonchev–Trinajstić information content (AvgIpc) is 3.21. The summed E-state index contributed by atoms with van der Waals surface area (Å²) in [6.07, 6.45) is 3.00. The number of amides is 2. The first-order chi connectivity index (χ1) is 11.6. The van der Waals surface area contributed by atoms with Crippen LogP contribution in [0.25, 0.3) is 0 Å². The molecule has 2 heterocycles. The molecule has 0 radical (unpaired) electrons. The van der Waals surface area contributed by atoms with Crippen molar-refractivity contribution in [2.75, 3.05) is 23.0 Å². The molecule has 1 unspecified atom stereocenters. The number of thioether (sulfide) groups is 1. The molecule has 6 nitrogen and oxygen atoms in total. The summed E-state index contributed by atoms with van der Waals surface area (Å²) >= 11 is 2.99. The van der Waals surface area contributed by atoms with Crippen molar-refractivity contribution in [3.05, 3.63) is 29.3 Å². The molecule has 1 saturated heterocycles. The number of hydrogen-bond donors (Lipinski definition) is 1. The van der Waals surface area contributed by atoms with E-state index in [9.17, 15) is 9.59 Å². The number of aryl methyl sites for hydroxylation is 1. The molecule has 1 aliphatic heterocycles. The lowest BCUT2D eigenvalue weighted by Crippen LogP contribution is -2.28. The highest BCUT2D eigenvalue weighted by Gasteiger charge is 2.35. The van der Waals surface area contributed by atoms with Gasteiger partial charge in [0.2, 0.25) is 16.9 Å². The second-order valence-corrected chi connectivity index (χ2v) is 7.39. The van der Waals surface area contributed by atoms with Gasteiger partial charge in [-0.05, 0) is 30.9 Å². The van der Waals surface area contributed by atoms with Crippen LogP contribution in [0.4, 0.5) is 10.8 Å². The van der Waals surface area contributed by atoms with Gasteiger partial charge in [0.15, 0.2) is 0 Å². The van der Waals surface area contributed by atoms with Crippen molar-refractivity contribution in [3.8, 4) is 0 Å². The second-order valence-electron chi connectivity index (χ2n) is 5.45. The van der Waals surface area contributed by atoms with Crippen LogP contribution in [0.2, 0.25) is 0 Å². The maximum atomic E-state index is 12.4. The molecule has 1 aromatic carbocycles. The zero-order chi connectivity index (χ0) is 17.1. The standard InChI is InChI=1S/C16H18N4O2S2/c1-3-13-18-19-16(24-13)17-15(22)10-7-14(21)20(9-10)11-5-4-6-12(8-11)23-2/h4-6,8,10H,3,7,9H2,1-2H3,(H,17,19,22). The summed E-state index contributed by atoms with van der Waals surface area (Å²) in [7, 11) is 0. The van der Waals surface area contributed by atoms with Gasteiger partial charge in [-0.15, -0.1) is 22.0 Å². The lowest BCUT2D eigenvalue weighted by Gasteiger charge is -2.17. The van der Waals surface area contributed by atoms with E-state index in [0.29, 0.717) is 11.7 Å². The van der Waals surface area contributed by atoms with Crippen molar-refractivity contribution in [2.24, 2.45) is 5.92 Å². The molecule has 2 amide bonds. The van der Waals surface area contributed by atoms with Crippen LogP contribution in [0.3, 0.4) is 0 Å². The molecule has 1 N–H and O–H groups in total. The molecule has 1 aliphatic rings. The number of carbonyl (C=O) groups excluding carboxylic acids is 2. The van der Waals surface area contributed by atoms with Crippen molar-refractivity contribution >= 4 is 45.7 Å². The number of rotatable bonds is 5. The Hall–Kier alpha value is -1.93. The number of anilines is 2. The summed E-state index contributed by atoms with van der Waals surface area (Å²) < 4.78 is 0. The maximum absolute atomic E-state index is 12.4. The Morgan fingerprint density at radius 1 is 1.46 bits per heavy atom. The molecule has 126 valence electrons. The van der Waals surface area contributed by atoms with Gasteiger partial charge in [-0.1, -0.05) is 24.3 Å². The monoisotopic (exact) mass is 362 g/mol. The lowest BCUT2D eigenvalue weighted by atomic mass is 10.1. The van der Waals surface area contributed by atoms with Crippen LogP contribution >= 0.6 is 23.1 Å². The van der Waals surface area contributed by atoms with E-state index in [4.69, 9.17) is 0 Å². The lowest BCUT2D eigenvalue weighted by molar-refractivity contribution is -0.122. The zero-order valence-corrected chi connectivity index (χ0v) is 15.1. The van der Waals surface area contributed by atoms with Crippen LogP contribution in [0.15, 0.2) is 29.2 Å². The first-order valence-electron chi connectivity index (χ1n) is 7.68. The van der Waals surface area contributed by atoms with Crippen molar-refractivity contribution in [2.45, 2.75) is 24.7 Å². The Morgan fingerprint density at radius 3 is 3.00 bits per heavy atom. The van der Waals surface area contributed by atoms with Crippen LogP contribution in [-0.4, -0.2) is 34.8 Å². The van der Waals surface area contributed by atoms with Gasteiger partial charge in [0, 0.05) is 23.5 Å². The molecule has 1 fully saturated rings. The molecule has 0 spiro atoms. The third-order valence-electron chi connectivity index (χ3n) is 3.86. The molecular weight excluding hydrogens is 344 g/mol. The van der Waals surface area contributed by atoms with E-state index in [2.05, 4.69) is 15.5 Å². The van der Waals surface area contributed by atoms with E-state index in [1.807, 2.05) is 37.4 Å². The first kappa shape index (κ1) is 16.9. The van der Waals surface area contributed by atoms with Crippen molar-refractivity contribution < 1.29 is 9.59 Å². The summed E-state index contributed by atoms with van der Waals surface area (Å²) in [5.74, 6) is -0.574. The molecule has 8 heteroatoms. The number of nitrogens with one attached hydrogen (secondary N) is 1. The Balaban J connectivity index is 1.68. The minimum Gasteiger partial charge on any atom is -0.312 e. The van der Waals surface area contributed by atoms with E-state index in [1.54, 1.807) is 16.7 Å². The van der Waals surface area contributed by atoms with E-state index >= 15 is 0 Å². The molecule has 3 rings (SSSR count). The Bertz CT molecular complexity index is 762. The van der Waals surface area contributed by atoms with Gasteiger partial charge >= 0.3 is 0 Å². The molecule has 0 aliphatic carbocycles. The van der Waals surface area contributed by atoms with Crippen LogP contribution in [0.5, 0.6) is 0 Å². The van der Waals surface area contributed by atoms with Crippen LogP contribution in [-0.2, 0) is 16.0 Å². The topological polar surface area (TPSA) is 75.2 Å². The quantitative estimate of drug-likeness (QED) is 0.828. The summed E-state index contributed by atoms with van der Waals surface area (Å²) in [6.45, 7) is 2.38. The highest BCUT2D eigenvalue weighted by Crippen LogP contribution is 2.29. The van der Waals surface area contributed by atoms with Crippen molar-refractivity contribution in [3.63, 3.8) is 0 Å². The predicted molar refractivity (Wildman–Crippen MR) is 96.6 cm³/mol. The van der Waals surface area contributed by atoms with E-state index in [1.165, 1.54) is 11.3 Å². The smallest absolute Gasteiger partial charge is 0.231 e. The zero-order valence-electron chi connectivity index (χ0n) is 13.5. The van der Waals surface area contributed by atoms with E-state index < -0.39 is 0 Å². The van der Waals surface area contributed by atoms with Crippen LogP contribution in [0.1, 0.15) is 18.4 Å². The van der Waals surface area contributed by atoms with Gasteiger partial charge in [-0.2, -0.15) is 0 Å². The number of aromatic nitrogens is 2. The third kappa shape index (κ3) is 3.59. The minimum atomic E-state index is -0.371. The van der Waals surface area contributed by atoms with Gasteiger partial charge in [0.05, 0.1) is 5.92 Å². The van der Waals surface area contributed by atoms with Gasteiger partial charge in [0.25, 0.3) is 0 Å². The minimum absolute atomic E-state index is 0.0279. The third-order valence-corrected chi connectivity index (χ3v) is 5.57. The first-order valence-corrected chi connectivity index (χ1v) is 9.72. The molecule has 1 atom stereocenters. The van der Waals surface area contributed by atoms with Crippen molar-refractivity contribution in [1.82, 2.24) is 10.2 Å². The normalized spacial score (nSPS) is 17.3. The fourth-order valence-electron chi connectivity index (χ4n) is 2.57. The molecular formula is C16H18N4O2S2. The highest BCUT2D eigenvalue weighted by molar-refractivity contribution is 7.98. The van der Waals surface area contributed by atoms with Crippen molar-refractivity contribution in [1.29, 1.82) is 0 Å². The maximum Gasteiger partial charge on any atom is 0.231 e. The molecule has 0 bridgehead atoms. The van der Waals surface area contributed by atoms with Gasteiger partial charge in [0.1, 0.15) is 5.01 Å². The Morgan fingerprint density at radius 2 is 2.29 bits per heavy atom. The second kappa shape index (κ2) is 7.31. The summed E-state index contributed by atoms with van der Waals surface area (Å²) in [5, 5.41) is 12.1. The largest absolute Gasteiger partial charge is 0.312 e. The van der Waals surface area contributed by atoms with Crippen LogP contribution in [0, 0.1) is 5.92 Å².